The van der Waals surface area contributed by atoms with E-state index in [1.165, 1.54) is 0 Å². The number of hydrogen-bond donors (Lipinski definition) is 3. The summed E-state index contributed by atoms with van der Waals surface area (Å²) >= 11 is 3.97. The van der Waals surface area contributed by atoms with Crippen molar-refractivity contribution >= 4 is 30.4 Å². The molecule has 0 aromatic carbocycles. The number of amides is 2. The summed E-state index contributed by atoms with van der Waals surface area (Å²) in [5.41, 5.74) is 0. The highest BCUT2D eigenvalue weighted by Crippen LogP contribution is 2.32. The maximum absolute atomic E-state index is 12.0. The summed E-state index contributed by atoms with van der Waals surface area (Å²) in [6.45, 7) is 0.419. The number of carboxylic acids is 1. The zero-order chi connectivity index (χ0) is 14.0. The number of nitrogens with one attached hydrogen (secondary N) is 1. The van der Waals surface area contributed by atoms with Crippen molar-refractivity contribution in [3.8, 4) is 0 Å². The van der Waals surface area contributed by atoms with Crippen molar-refractivity contribution in [3.05, 3.63) is 0 Å². The van der Waals surface area contributed by atoms with Gasteiger partial charge >= 0.3 is 5.97 Å². The Hall–Kier alpha value is -1.24. The average Bonchev–Trinajstić information content (AvgIpc) is 3.11. The summed E-state index contributed by atoms with van der Waals surface area (Å²) in [6.07, 6.45) is 2.49. The SMILES string of the molecule is O=C(NC(CCS)C(=O)O)C1CC(=O)N(C2CC2)C1. The minimum atomic E-state index is -1.06. The van der Waals surface area contributed by atoms with Gasteiger partial charge in [0.05, 0.1) is 5.92 Å². The highest BCUT2D eigenvalue weighted by atomic mass is 32.1. The molecule has 2 fully saturated rings. The van der Waals surface area contributed by atoms with Gasteiger partial charge in [-0.05, 0) is 25.0 Å². The molecule has 1 aliphatic heterocycles. The zero-order valence-corrected chi connectivity index (χ0v) is 11.4. The van der Waals surface area contributed by atoms with E-state index in [4.69, 9.17) is 5.11 Å². The number of nitrogens with zero attached hydrogens (tertiary/aromatic N) is 1. The Labute approximate surface area is 116 Å². The van der Waals surface area contributed by atoms with Crippen LogP contribution in [0.15, 0.2) is 0 Å². The second-order valence-electron chi connectivity index (χ2n) is 5.09. The first kappa shape index (κ1) is 14.2. The lowest BCUT2D eigenvalue weighted by Crippen LogP contribution is -2.44. The molecule has 2 amide bonds. The fraction of sp³-hybridized carbons (Fsp3) is 0.750. The highest BCUT2D eigenvalue weighted by molar-refractivity contribution is 7.80. The molecule has 0 aromatic rings. The van der Waals surface area contributed by atoms with Crippen LogP contribution in [0.1, 0.15) is 25.7 Å². The Balaban J connectivity index is 1.89. The van der Waals surface area contributed by atoms with Gasteiger partial charge in [-0.3, -0.25) is 9.59 Å². The molecule has 0 radical (unpaired) electrons. The normalized spacial score (nSPS) is 24.4. The van der Waals surface area contributed by atoms with Gasteiger partial charge in [0.2, 0.25) is 11.8 Å². The van der Waals surface area contributed by atoms with E-state index in [-0.39, 0.29) is 24.7 Å². The van der Waals surface area contributed by atoms with E-state index < -0.39 is 17.9 Å². The summed E-state index contributed by atoms with van der Waals surface area (Å²) in [5, 5.41) is 11.5. The maximum atomic E-state index is 12.0. The topological polar surface area (TPSA) is 86.7 Å². The molecule has 2 aliphatic rings. The van der Waals surface area contributed by atoms with Gasteiger partial charge in [-0.1, -0.05) is 0 Å². The van der Waals surface area contributed by atoms with Crippen molar-refractivity contribution in [1.29, 1.82) is 0 Å². The lowest BCUT2D eigenvalue weighted by Gasteiger charge is -2.17. The zero-order valence-electron chi connectivity index (χ0n) is 10.5. The molecule has 1 saturated heterocycles. The number of likely N-dealkylation sites (tertiary alicyclic amines) is 1. The van der Waals surface area contributed by atoms with Crippen LogP contribution in [0.25, 0.3) is 0 Å². The number of thiol groups is 1. The molecule has 0 bridgehead atoms. The lowest BCUT2D eigenvalue weighted by molar-refractivity contribution is -0.142. The minimum absolute atomic E-state index is 0.00344. The molecule has 1 heterocycles. The van der Waals surface area contributed by atoms with Crippen LogP contribution in [-0.4, -0.2) is 52.2 Å². The van der Waals surface area contributed by atoms with Gasteiger partial charge in [0.1, 0.15) is 6.04 Å². The molecule has 2 atom stereocenters. The third-order valence-electron chi connectivity index (χ3n) is 3.55. The maximum Gasteiger partial charge on any atom is 0.326 e. The molecule has 1 aliphatic carbocycles. The Morgan fingerprint density at radius 1 is 1.47 bits per heavy atom. The van der Waals surface area contributed by atoms with Gasteiger partial charge in [-0.15, -0.1) is 0 Å². The third-order valence-corrected chi connectivity index (χ3v) is 3.81. The van der Waals surface area contributed by atoms with Gasteiger partial charge in [0.25, 0.3) is 0 Å². The molecule has 2 rings (SSSR count). The van der Waals surface area contributed by atoms with E-state index in [9.17, 15) is 14.4 Å². The van der Waals surface area contributed by atoms with E-state index >= 15 is 0 Å². The smallest absolute Gasteiger partial charge is 0.326 e. The Morgan fingerprint density at radius 3 is 2.68 bits per heavy atom. The largest absolute Gasteiger partial charge is 0.480 e. The molecule has 6 nitrogen and oxygen atoms in total. The van der Waals surface area contributed by atoms with Crippen molar-refractivity contribution in [2.45, 2.75) is 37.8 Å². The summed E-state index contributed by atoms with van der Waals surface area (Å²) < 4.78 is 0. The van der Waals surface area contributed by atoms with Crippen LogP contribution in [0.2, 0.25) is 0 Å². The summed E-state index contributed by atoms with van der Waals surface area (Å²) in [5.74, 6) is -1.44. The molecule has 19 heavy (non-hydrogen) atoms. The van der Waals surface area contributed by atoms with Crippen LogP contribution in [0.4, 0.5) is 0 Å². The predicted octanol–water partition coefficient (Wildman–Crippen LogP) is -0.113. The quantitative estimate of drug-likeness (QED) is 0.595. The van der Waals surface area contributed by atoms with Crippen molar-refractivity contribution in [3.63, 3.8) is 0 Å². The second kappa shape index (κ2) is 5.81. The molecule has 0 spiro atoms. The van der Waals surface area contributed by atoms with E-state index in [0.29, 0.717) is 18.3 Å². The number of carbonyl (C=O) groups excluding carboxylic acids is 2. The second-order valence-corrected chi connectivity index (χ2v) is 5.54. The van der Waals surface area contributed by atoms with Crippen molar-refractivity contribution in [2.75, 3.05) is 12.3 Å². The highest BCUT2D eigenvalue weighted by Gasteiger charge is 2.42. The third kappa shape index (κ3) is 3.40. The molecule has 0 aromatic heterocycles. The first-order chi connectivity index (χ1) is 9.02. The number of hydrogen-bond acceptors (Lipinski definition) is 4. The van der Waals surface area contributed by atoms with Crippen LogP contribution < -0.4 is 5.32 Å². The van der Waals surface area contributed by atoms with E-state index in [2.05, 4.69) is 17.9 Å². The number of aliphatic carboxylic acids is 1. The monoisotopic (exact) mass is 286 g/mol. The lowest BCUT2D eigenvalue weighted by atomic mass is 10.1. The number of carbonyl (C=O) groups is 3. The summed E-state index contributed by atoms with van der Waals surface area (Å²) in [7, 11) is 0. The molecular formula is C12H18N2O4S. The van der Waals surface area contributed by atoms with E-state index in [0.717, 1.165) is 12.8 Å². The first-order valence-corrected chi connectivity index (χ1v) is 7.09. The van der Waals surface area contributed by atoms with E-state index in [1.54, 1.807) is 4.90 Å². The molecule has 106 valence electrons. The van der Waals surface area contributed by atoms with Crippen LogP contribution in [0, 0.1) is 5.92 Å². The number of carboxylic acid groups (broad SMARTS) is 1. The summed E-state index contributed by atoms with van der Waals surface area (Å²) in [6, 6.07) is -0.618. The standard InChI is InChI=1S/C12H18N2O4S/c15-10-5-7(6-14(10)8-1-2-8)11(16)13-9(3-4-19)12(17)18/h7-9,19H,1-6H2,(H,13,16)(H,17,18). The number of rotatable bonds is 6. The Morgan fingerprint density at radius 2 is 2.16 bits per heavy atom. The van der Waals surface area contributed by atoms with Crippen molar-refractivity contribution in [1.82, 2.24) is 10.2 Å². The van der Waals surface area contributed by atoms with Gasteiger partial charge in [0, 0.05) is 19.0 Å². The minimum Gasteiger partial charge on any atom is -0.480 e. The molecule has 1 saturated carbocycles. The molecule has 2 unspecified atom stereocenters. The van der Waals surface area contributed by atoms with Crippen molar-refractivity contribution in [2.24, 2.45) is 5.92 Å². The van der Waals surface area contributed by atoms with Crippen LogP contribution >= 0.6 is 12.6 Å². The van der Waals surface area contributed by atoms with Crippen molar-refractivity contribution < 1.29 is 19.5 Å². The fourth-order valence-electron chi connectivity index (χ4n) is 2.32. The van der Waals surface area contributed by atoms with Crippen LogP contribution in [0.5, 0.6) is 0 Å². The van der Waals surface area contributed by atoms with Gasteiger partial charge in [-0.2, -0.15) is 12.6 Å². The fourth-order valence-corrected chi connectivity index (χ4v) is 2.58. The van der Waals surface area contributed by atoms with Crippen LogP contribution in [-0.2, 0) is 14.4 Å². The Kier molecular flexibility index (Phi) is 4.34. The van der Waals surface area contributed by atoms with Gasteiger partial charge < -0.3 is 15.3 Å². The average molecular weight is 286 g/mol. The van der Waals surface area contributed by atoms with Crippen LogP contribution in [0.3, 0.4) is 0 Å². The first-order valence-electron chi connectivity index (χ1n) is 6.46. The van der Waals surface area contributed by atoms with Gasteiger partial charge in [0.15, 0.2) is 0 Å². The van der Waals surface area contributed by atoms with Gasteiger partial charge in [-0.25, -0.2) is 4.79 Å². The summed E-state index contributed by atoms with van der Waals surface area (Å²) in [4.78, 5) is 36.4. The molecular weight excluding hydrogens is 268 g/mol. The molecule has 7 heteroatoms. The Bertz CT molecular complexity index is 397. The predicted molar refractivity (Wildman–Crippen MR) is 70.9 cm³/mol. The molecule has 2 N–H and O–H groups in total. The van der Waals surface area contributed by atoms with E-state index in [1.807, 2.05) is 0 Å².